The average Bonchev–Trinajstić information content (AvgIpc) is 2.66. The van der Waals surface area contributed by atoms with E-state index in [1.54, 1.807) is 29.3 Å². The fourth-order valence-corrected chi connectivity index (χ4v) is 4.45. The maximum atomic E-state index is 12.5. The number of carboxylic acid groups (broad SMARTS) is 1. The van der Waals surface area contributed by atoms with Crippen LogP contribution in [0.4, 0.5) is 21.0 Å². The second-order valence-corrected chi connectivity index (χ2v) is 8.84. The second-order valence-electron chi connectivity index (χ2n) is 8.84. The van der Waals surface area contributed by atoms with E-state index in [-0.39, 0.29) is 6.04 Å². The van der Waals surface area contributed by atoms with Crippen molar-refractivity contribution in [3.63, 3.8) is 0 Å². The van der Waals surface area contributed by atoms with Crippen LogP contribution in [0, 0.1) is 0 Å². The number of carbonyl (C=O) groups is 2. The molecular weight excluding hydrogens is 382 g/mol. The van der Waals surface area contributed by atoms with E-state index in [1.165, 1.54) is 4.90 Å². The molecule has 0 saturated carbocycles. The molecule has 3 rings (SSSR count). The smallest absolute Gasteiger partial charge is 0.430 e. The number of nitrogens with zero attached hydrogens (tertiary/aromatic N) is 2. The number of hydrogen-bond acceptors (Lipinski definition) is 4. The van der Waals surface area contributed by atoms with Gasteiger partial charge in [-0.2, -0.15) is 0 Å². The Hall–Kier alpha value is -3.06. The van der Waals surface area contributed by atoms with Crippen molar-refractivity contribution in [2.75, 3.05) is 10.2 Å². The first-order valence-corrected chi connectivity index (χ1v) is 10.0. The van der Waals surface area contributed by atoms with E-state index in [2.05, 4.69) is 5.32 Å². The summed E-state index contributed by atoms with van der Waals surface area (Å²) in [6.45, 7) is 7.84. The van der Waals surface area contributed by atoms with Crippen LogP contribution in [-0.2, 0) is 4.84 Å². The van der Waals surface area contributed by atoms with Crippen LogP contribution in [0.5, 0.6) is 0 Å². The standard InChI is InChI=1S/C23H29N3O4/c1-22(2)15-19(25(21(28)29)18-13-9-6-10-14-18)16-23(3,4)26(22)30-20(27)24-17-11-7-5-8-12-17/h5-14,19H,15-16H2,1-4H3,(H,24,27)(H,28,29). The van der Waals surface area contributed by atoms with Crippen molar-refractivity contribution in [1.82, 2.24) is 5.06 Å². The normalized spacial score (nSPS) is 18.4. The topological polar surface area (TPSA) is 82.1 Å². The molecule has 1 saturated heterocycles. The van der Waals surface area contributed by atoms with E-state index in [9.17, 15) is 14.7 Å². The van der Waals surface area contributed by atoms with Crippen molar-refractivity contribution >= 4 is 23.6 Å². The van der Waals surface area contributed by atoms with Crippen molar-refractivity contribution in [3.05, 3.63) is 60.7 Å². The molecule has 7 nitrogen and oxygen atoms in total. The van der Waals surface area contributed by atoms with Gasteiger partial charge >= 0.3 is 12.2 Å². The summed E-state index contributed by atoms with van der Waals surface area (Å²) in [5.74, 6) is 0. The first-order valence-electron chi connectivity index (χ1n) is 10.0. The zero-order valence-electron chi connectivity index (χ0n) is 17.8. The Bertz CT molecular complexity index is 866. The van der Waals surface area contributed by atoms with Crippen LogP contribution in [-0.4, -0.2) is 39.5 Å². The Labute approximate surface area is 177 Å². The lowest BCUT2D eigenvalue weighted by Crippen LogP contribution is -2.65. The fourth-order valence-electron chi connectivity index (χ4n) is 4.45. The second kappa shape index (κ2) is 8.36. The zero-order valence-corrected chi connectivity index (χ0v) is 17.8. The molecule has 7 heteroatoms. The van der Waals surface area contributed by atoms with Gasteiger partial charge < -0.3 is 9.94 Å². The summed E-state index contributed by atoms with van der Waals surface area (Å²) in [6, 6.07) is 18.0. The number of amides is 2. The van der Waals surface area contributed by atoms with Gasteiger partial charge in [0.1, 0.15) is 0 Å². The highest BCUT2D eigenvalue weighted by atomic mass is 16.7. The van der Waals surface area contributed by atoms with Crippen molar-refractivity contribution in [2.45, 2.75) is 57.7 Å². The number of rotatable bonds is 4. The predicted molar refractivity (Wildman–Crippen MR) is 117 cm³/mol. The third-order valence-electron chi connectivity index (χ3n) is 5.37. The molecule has 2 aromatic carbocycles. The van der Waals surface area contributed by atoms with Gasteiger partial charge in [-0.15, -0.1) is 5.06 Å². The molecular formula is C23H29N3O4. The molecule has 0 aliphatic carbocycles. The van der Waals surface area contributed by atoms with Gasteiger partial charge in [0, 0.05) is 17.4 Å². The van der Waals surface area contributed by atoms with E-state index in [1.807, 2.05) is 64.1 Å². The molecule has 1 aliphatic rings. The maximum absolute atomic E-state index is 12.5. The number of carbonyl (C=O) groups excluding carboxylic acids is 1. The number of hydrogen-bond donors (Lipinski definition) is 2. The van der Waals surface area contributed by atoms with Gasteiger partial charge in [-0.3, -0.25) is 10.2 Å². The van der Waals surface area contributed by atoms with Gasteiger partial charge in [-0.05, 0) is 64.8 Å². The monoisotopic (exact) mass is 411 g/mol. The van der Waals surface area contributed by atoms with Crippen LogP contribution in [0.15, 0.2) is 60.7 Å². The van der Waals surface area contributed by atoms with E-state index >= 15 is 0 Å². The first kappa shape index (κ1) is 21.6. The van der Waals surface area contributed by atoms with Crippen LogP contribution < -0.4 is 10.2 Å². The Morgan fingerprint density at radius 1 is 0.967 bits per heavy atom. The lowest BCUT2D eigenvalue weighted by Gasteiger charge is -2.54. The largest absolute Gasteiger partial charge is 0.465 e. The molecule has 1 aliphatic heterocycles. The third-order valence-corrected chi connectivity index (χ3v) is 5.37. The number of anilines is 2. The highest BCUT2D eigenvalue weighted by Crippen LogP contribution is 2.41. The number of piperidine rings is 1. The maximum Gasteiger partial charge on any atom is 0.430 e. The number of para-hydroxylation sites is 2. The Kier molecular flexibility index (Phi) is 6.03. The fraction of sp³-hybridized carbons (Fsp3) is 0.391. The van der Waals surface area contributed by atoms with Crippen molar-refractivity contribution in [1.29, 1.82) is 0 Å². The summed E-state index contributed by atoms with van der Waals surface area (Å²) in [4.78, 5) is 31.8. The van der Waals surface area contributed by atoms with Crippen LogP contribution in [0.3, 0.4) is 0 Å². The molecule has 1 heterocycles. The molecule has 0 radical (unpaired) electrons. The van der Waals surface area contributed by atoms with E-state index in [0.717, 1.165) is 0 Å². The summed E-state index contributed by atoms with van der Waals surface area (Å²) in [6.07, 6.45) is -0.542. The lowest BCUT2D eigenvalue weighted by atomic mass is 9.78. The SMILES string of the molecule is CC1(C)CC(N(C(=O)O)c2ccccc2)CC(C)(C)N1OC(=O)Nc1ccccc1. The molecule has 0 unspecified atom stereocenters. The lowest BCUT2D eigenvalue weighted by molar-refractivity contribution is -0.238. The third kappa shape index (κ3) is 4.74. The van der Waals surface area contributed by atoms with Gasteiger partial charge in [-0.25, -0.2) is 9.59 Å². The Morgan fingerprint density at radius 3 is 1.97 bits per heavy atom. The summed E-state index contributed by atoms with van der Waals surface area (Å²) in [5.41, 5.74) is 0.123. The number of nitrogens with one attached hydrogen (secondary N) is 1. The average molecular weight is 412 g/mol. The van der Waals surface area contributed by atoms with Crippen LogP contribution in [0.2, 0.25) is 0 Å². The molecule has 160 valence electrons. The summed E-state index contributed by atoms with van der Waals surface area (Å²) in [5, 5.41) is 14.3. The van der Waals surface area contributed by atoms with Crippen LogP contribution in [0.1, 0.15) is 40.5 Å². The number of benzene rings is 2. The molecule has 2 N–H and O–H groups in total. The Balaban J connectivity index is 1.79. The van der Waals surface area contributed by atoms with E-state index < -0.39 is 23.3 Å². The van der Waals surface area contributed by atoms with Crippen molar-refractivity contribution < 1.29 is 19.5 Å². The minimum Gasteiger partial charge on any atom is -0.465 e. The highest BCUT2D eigenvalue weighted by Gasteiger charge is 2.50. The summed E-state index contributed by atoms with van der Waals surface area (Å²) in [7, 11) is 0. The van der Waals surface area contributed by atoms with Gasteiger partial charge in [0.2, 0.25) is 0 Å². The first-order chi connectivity index (χ1) is 14.1. The predicted octanol–water partition coefficient (Wildman–Crippen LogP) is 5.36. The zero-order chi connectivity index (χ0) is 21.9. The van der Waals surface area contributed by atoms with E-state index in [4.69, 9.17) is 4.84 Å². The molecule has 1 fully saturated rings. The molecule has 0 aromatic heterocycles. The van der Waals surface area contributed by atoms with Crippen LogP contribution in [0.25, 0.3) is 0 Å². The highest BCUT2D eigenvalue weighted by molar-refractivity contribution is 5.87. The van der Waals surface area contributed by atoms with Crippen molar-refractivity contribution in [2.24, 2.45) is 0 Å². The molecule has 0 atom stereocenters. The van der Waals surface area contributed by atoms with E-state index in [0.29, 0.717) is 24.2 Å². The van der Waals surface area contributed by atoms with Crippen molar-refractivity contribution in [3.8, 4) is 0 Å². The molecule has 2 amide bonds. The van der Waals surface area contributed by atoms with Gasteiger partial charge in [-0.1, -0.05) is 36.4 Å². The quantitative estimate of drug-likeness (QED) is 0.708. The minimum absolute atomic E-state index is 0.257. The van der Waals surface area contributed by atoms with Crippen LogP contribution >= 0.6 is 0 Å². The minimum atomic E-state index is -0.992. The summed E-state index contributed by atoms with van der Waals surface area (Å²) >= 11 is 0. The summed E-state index contributed by atoms with van der Waals surface area (Å²) < 4.78 is 0. The molecule has 2 aromatic rings. The number of hydroxylamine groups is 2. The van der Waals surface area contributed by atoms with Gasteiger partial charge in [0.25, 0.3) is 0 Å². The Morgan fingerprint density at radius 2 is 1.47 bits per heavy atom. The van der Waals surface area contributed by atoms with Gasteiger partial charge in [0.15, 0.2) is 0 Å². The molecule has 0 bridgehead atoms. The molecule has 30 heavy (non-hydrogen) atoms. The molecule has 0 spiro atoms. The van der Waals surface area contributed by atoms with Gasteiger partial charge in [0.05, 0.1) is 11.1 Å².